The highest BCUT2D eigenvalue weighted by molar-refractivity contribution is 5.70. The van der Waals surface area contributed by atoms with Crippen LogP contribution in [-0.2, 0) is 0 Å². The van der Waals surface area contributed by atoms with Crippen molar-refractivity contribution >= 4 is 5.82 Å². The van der Waals surface area contributed by atoms with Crippen LogP contribution in [-0.4, -0.2) is 38.6 Å². The summed E-state index contributed by atoms with van der Waals surface area (Å²) in [5.41, 5.74) is 8.07. The Morgan fingerprint density at radius 2 is 2.10 bits per heavy atom. The van der Waals surface area contributed by atoms with E-state index in [0.717, 1.165) is 23.8 Å². The van der Waals surface area contributed by atoms with Crippen LogP contribution in [0.1, 0.15) is 25.3 Å². The third-order valence-corrected chi connectivity index (χ3v) is 4.43. The van der Waals surface area contributed by atoms with Crippen LogP contribution in [0.15, 0.2) is 30.9 Å². The van der Waals surface area contributed by atoms with Gasteiger partial charge in [0.25, 0.3) is 0 Å². The summed E-state index contributed by atoms with van der Waals surface area (Å²) in [5, 5.41) is 0. The fraction of sp³-hybridized carbons (Fsp3) is 0.467. The summed E-state index contributed by atoms with van der Waals surface area (Å²) >= 11 is 0. The normalized spacial score (nSPS) is 23.3. The number of hydrogen-bond donors (Lipinski definition) is 1. The third kappa shape index (κ3) is 1.98. The molecular weight excluding hydrogens is 250 g/mol. The van der Waals surface area contributed by atoms with Gasteiger partial charge in [0.1, 0.15) is 5.82 Å². The smallest absolute Gasteiger partial charge is 0.132 e. The lowest BCUT2D eigenvalue weighted by Gasteiger charge is -2.18. The Bertz CT molecular complexity index is 616. The van der Waals surface area contributed by atoms with Crippen LogP contribution < -0.4 is 5.73 Å². The van der Waals surface area contributed by atoms with Crippen LogP contribution in [0.2, 0.25) is 0 Å². The van der Waals surface area contributed by atoms with Gasteiger partial charge < -0.3 is 10.3 Å². The molecule has 1 aliphatic heterocycles. The van der Waals surface area contributed by atoms with Crippen LogP contribution in [0.4, 0.5) is 5.82 Å². The van der Waals surface area contributed by atoms with Crippen LogP contribution in [0.5, 0.6) is 0 Å². The molecule has 20 heavy (non-hydrogen) atoms. The second-order valence-electron chi connectivity index (χ2n) is 5.79. The highest BCUT2D eigenvalue weighted by Gasteiger charge is 2.35. The average Bonchev–Trinajstić information content (AvgIpc) is 3.01. The predicted molar refractivity (Wildman–Crippen MR) is 78.1 cm³/mol. The van der Waals surface area contributed by atoms with Crippen molar-refractivity contribution in [3.63, 3.8) is 0 Å². The molecule has 1 saturated heterocycles. The Morgan fingerprint density at radius 1 is 1.20 bits per heavy atom. The minimum absolute atomic E-state index is 0.507. The maximum atomic E-state index is 6.00. The number of anilines is 1. The van der Waals surface area contributed by atoms with E-state index in [4.69, 9.17) is 5.73 Å². The van der Waals surface area contributed by atoms with E-state index in [-0.39, 0.29) is 0 Å². The van der Waals surface area contributed by atoms with Gasteiger partial charge in [0, 0.05) is 36.9 Å². The van der Waals surface area contributed by atoms with Crippen LogP contribution in [0.3, 0.4) is 0 Å². The number of hydrogen-bond acceptors (Lipinski definition) is 4. The lowest BCUT2D eigenvalue weighted by Crippen LogP contribution is -2.23. The molecule has 5 nitrogen and oxygen atoms in total. The summed E-state index contributed by atoms with van der Waals surface area (Å²) in [6.07, 6.45) is 9.50. The van der Waals surface area contributed by atoms with Gasteiger partial charge in [0.05, 0.1) is 18.2 Å². The monoisotopic (exact) mass is 269 g/mol. The van der Waals surface area contributed by atoms with Gasteiger partial charge in [-0.1, -0.05) is 0 Å². The number of aromatic nitrogens is 3. The van der Waals surface area contributed by atoms with E-state index in [0.29, 0.717) is 11.9 Å². The molecule has 2 aromatic heterocycles. The number of nitrogens with two attached hydrogens (primary N) is 1. The number of rotatable bonds is 3. The summed E-state index contributed by atoms with van der Waals surface area (Å²) < 4.78 is 2.27. The molecule has 0 radical (unpaired) electrons. The molecule has 0 amide bonds. The second kappa shape index (κ2) is 4.59. The first-order chi connectivity index (χ1) is 9.83. The van der Waals surface area contributed by atoms with Gasteiger partial charge in [-0.3, -0.25) is 4.90 Å². The van der Waals surface area contributed by atoms with E-state index < -0.39 is 0 Å². The summed E-state index contributed by atoms with van der Waals surface area (Å²) in [6, 6.07) is 5.29. The standard InChI is InChI=1S/C15H19N5/c16-15-13(2-1-6-18-15)14-8-17-10-20(14)12-5-7-19(9-12)11-3-4-11/h1-2,6,8,10-12H,3-5,7,9H2,(H2,16,18). The van der Waals surface area contributed by atoms with Gasteiger partial charge >= 0.3 is 0 Å². The number of nitrogens with zero attached hydrogens (tertiary/aromatic N) is 4. The molecule has 2 N–H and O–H groups in total. The molecule has 1 unspecified atom stereocenters. The highest BCUT2D eigenvalue weighted by Crippen LogP contribution is 2.35. The van der Waals surface area contributed by atoms with Crippen molar-refractivity contribution in [1.29, 1.82) is 0 Å². The van der Waals surface area contributed by atoms with Gasteiger partial charge in [0.2, 0.25) is 0 Å². The summed E-state index contributed by atoms with van der Waals surface area (Å²) in [7, 11) is 0. The molecule has 2 aliphatic rings. The first-order valence-corrected chi connectivity index (χ1v) is 7.29. The molecule has 0 bridgehead atoms. The quantitative estimate of drug-likeness (QED) is 0.925. The predicted octanol–water partition coefficient (Wildman–Crippen LogP) is 1.94. The molecule has 1 atom stereocenters. The third-order valence-electron chi connectivity index (χ3n) is 4.43. The zero-order valence-corrected chi connectivity index (χ0v) is 11.4. The van der Waals surface area contributed by atoms with E-state index in [1.807, 2.05) is 24.7 Å². The molecule has 104 valence electrons. The SMILES string of the molecule is Nc1ncccc1-c1cncn1C1CCN(C2CC2)C1. The van der Waals surface area contributed by atoms with Crippen molar-refractivity contribution in [2.75, 3.05) is 18.8 Å². The molecule has 2 aromatic rings. The van der Waals surface area contributed by atoms with Crippen molar-refractivity contribution in [2.45, 2.75) is 31.3 Å². The van der Waals surface area contributed by atoms with Crippen LogP contribution in [0, 0.1) is 0 Å². The van der Waals surface area contributed by atoms with E-state index >= 15 is 0 Å². The summed E-state index contributed by atoms with van der Waals surface area (Å²) in [5.74, 6) is 0.575. The van der Waals surface area contributed by atoms with Crippen molar-refractivity contribution < 1.29 is 0 Å². The van der Waals surface area contributed by atoms with Crippen molar-refractivity contribution in [3.05, 3.63) is 30.9 Å². The van der Waals surface area contributed by atoms with E-state index in [2.05, 4.69) is 19.4 Å². The number of imidazole rings is 1. The fourth-order valence-electron chi connectivity index (χ4n) is 3.20. The molecule has 5 heteroatoms. The largest absolute Gasteiger partial charge is 0.383 e. The van der Waals surface area contributed by atoms with Gasteiger partial charge in [0.15, 0.2) is 0 Å². The molecule has 1 saturated carbocycles. The zero-order valence-electron chi connectivity index (χ0n) is 11.4. The van der Waals surface area contributed by atoms with Gasteiger partial charge in [-0.05, 0) is 31.4 Å². The molecule has 1 aliphatic carbocycles. The molecule has 0 spiro atoms. The first kappa shape index (κ1) is 11.9. The Kier molecular flexibility index (Phi) is 2.73. The lowest BCUT2D eigenvalue weighted by atomic mass is 10.1. The molecule has 0 aromatic carbocycles. The fourth-order valence-corrected chi connectivity index (χ4v) is 3.20. The number of pyridine rings is 1. The maximum absolute atomic E-state index is 6.00. The Balaban J connectivity index is 1.64. The van der Waals surface area contributed by atoms with E-state index in [9.17, 15) is 0 Å². The highest BCUT2D eigenvalue weighted by atomic mass is 15.2. The Labute approximate surface area is 118 Å². The topological polar surface area (TPSA) is 60.0 Å². The number of nitrogen functional groups attached to an aromatic ring is 1. The molecule has 2 fully saturated rings. The minimum atomic E-state index is 0.507. The van der Waals surface area contributed by atoms with Gasteiger partial charge in [-0.15, -0.1) is 0 Å². The van der Waals surface area contributed by atoms with Crippen LogP contribution >= 0.6 is 0 Å². The Morgan fingerprint density at radius 3 is 2.90 bits per heavy atom. The minimum Gasteiger partial charge on any atom is -0.383 e. The van der Waals surface area contributed by atoms with Crippen molar-refractivity contribution in [3.8, 4) is 11.3 Å². The summed E-state index contributed by atoms with van der Waals surface area (Å²) in [4.78, 5) is 11.1. The number of likely N-dealkylation sites (tertiary alicyclic amines) is 1. The summed E-state index contributed by atoms with van der Waals surface area (Å²) in [6.45, 7) is 2.34. The Hall–Kier alpha value is -1.88. The van der Waals surface area contributed by atoms with Crippen molar-refractivity contribution in [2.24, 2.45) is 0 Å². The van der Waals surface area contributed by atoms with Gasteiger partial charge in [-0.25, -0.2) is 9.97 Å². The lowest BCUT2D eigenvalue weighted by molar-refractivity contribution is 0.314. The molecule has 4 rings (SSSR count). The van der Waals surface area contributed by atoms with E-state index in [1.165, 1.54) is 25.8 Å². The average molecular weight is 269 g/mol. The van der Waals surface area contributed by atoms with Gasteiger partial charge in [-0.2, -0.15) is 0 Å². The van der Waals surface area contributed by atoms with Crippen LogP contribution in [0.25, 0.3) is 11.3 Å². The second-order valence-corrected chi connectivity index (χ2v) is 5.79. The van der Waals surface area contributed by atoms with Crippen molar-refractivity contribution in [1.82, 2.24) is 19.4 Å². The molecule has 3 heterocycles. The maximum Gasteiger partial charge on any atom is 0.132 e. The zero-order chi connectivity index (χ0) is 13.5. The molecular formula is C15H19N5. The van der Waals surface area contributed by atoms with E-state index in [1.54, 1.807) is 6.20 Å². The first-order valence-electron chi connectivity index (χ1n) is 7.29.